The Balaban J connectivity index is 2.73. The average molecular weight is 221 g/mol. The number of aryl methyl sites for hydroxylation is 1. The van der Waals surface area contributed by atoms with E-state index in [0.29, 0.717) is 5.92 Å². The van der Waals surface area contributed by atoms with Crippen molar-refractivity contribution in [1.82, 2.24) is 0 Å². The molecule has 1 unspecified atom stereocenters. The SMILES string of the molecule is CCOc1ccc(C(C)CCCN)c(C)c1. The van der Waals surface area contributed by atoms with Crippen molar-refractivity contribution >= 4 is 0 Å². The second-order valence-corrected chi connectivity index (χ2v) is 4.28. The number of hydrogen-bond donors (Lipinski definition) is 1. The summed E-state index contributed by atoms with van der Waals surface area (Å²) < 4.78 is 5.48. The molecular weight excluding hydrogens is 198 g/mol. The maximum Gasteiger partial charge on any atom is 0.119 e. The van der Waals surface area contributed by atoms with Crippen LogP contribution >= 0.6 is 0 Å². The lowest BCUT2D eigenvalue weighted by atomic mass is 9.92. The van der Waals surface area contributed by atoms with E-state index >= 15 is 0 Å². The van der Waals surface area contributed by atoms with Crippen LogP contribution in [0.25, 0.3) is 0 Å². The molecule has 0 aliphatic heterocycles. The number of hydrogen-bond acceptors (Lipinski definition) is 2. The van der Waals surface area contributed by atoms with E-state index in [9.17, 15) is 0 Å². The topological polar surface area (TPSA) is 35.2 Å². The van der Waals surface area contributed by atoms with Gasteiger partial charge in [0.25, 0.3) is 0 Å². The van der Waals surface area contributed by atoms with E-state index in [-0.39, 0.29) is 0 Å². The lowest BCUT2D eigenvalue weighted by Crippen LogP contribution is -2.03. The minimum absolute atomic E-state index is 0.583. The van der Waals surface area contributed by atoms with Gasteiger partial charge in [0.15, 0.2) is 0 Å². The molecule has 0 aromatic heterocycles. The van der Waals surface area contributed by atoms with Crippen LogP contribution in [-0.4, -0.2) is 13.2 Å². The third-order valence-electron chi connectivity index (χ3n) is 2.92. The van der Waals surface area contributed by atoms with E-state index in [4.69, 9.17) is 10.5 Å². The Hall–Kier alpha value is -1.02. The Bertz CT molecular complexity index is 323. The van der Waals surface area contributed by atoms with Crippen molar-refractivity contribution in [3.63, 3.8) is 0 Å². The van der Waals surface area contributed by atoms with E-state index in [1.807, 2.05) is 6.92 Å². The maximum absolute atomic E-state index is 5.54. The van der Waals surface area contributed by atoms with Crippen molar-refractivity contribution in [1.29, 1.82) is 0 Å². The van der Waals surface area contributed by atoms with Gasteiger partial charge >= 0.3 is 0 Å². The molecule has 0 bridgehead atoms. The highest BCUT2D eigenvalue weighted by Gasteiger charge is 2.08. The first-order valence-corrected chi connectivity index (χ1v) is 6.12. The standard InChI is InChI=1S/C14H23NO/c1-4-16-13-7-8-14(12(3)10-13)11(2)6-5-9-15/h7-8,10-11H,4-6,9,15H2,1-3H3. The first-order chi connectivity index (χ1) is 7.69. The monoisotopic (exact) mass is 221 g/mol. The smallest absolute Gasteiger partial charge is 0.119 e. The van der Waals surface area contributed by atoms with Gasteiger partial charge < -0.3 is 10.5 Å². The molecule has 2 nitrogen and oxygen atoms in total. The molecule has 0 spiro atoms. The van der Waals surface area contributed by atoms with Crippen LogP contribution in [0.3, 0.4) is 0 Å². The Morgan fingerprint density at radius 3 is 2.69 bits per heavy atom. The molecule has 1 atom stereocenters. The van der Waals surface area contributed by atoms with Crippen LogP contribution in [-0.2, 0) is 0 Å². The number of benzene rings is 1. The van der Waals surface area contributed by atoms with Crippen molar-refractivity contribution < 1.29 is 4.74 Å². The zero-order chi connectivity index (χ0) is 12.0. The summed E-state index contributed by atoms with van der Waals surface area (Å²) >= 11 is 0. The molecule has 2 N–H and O–H groups in total. The summed E-state index contributed by atoms with van der Waals surface area (Å²) in [7, 11) is 0. The van der Waals surface area contributed by atoms with Gasteiger partial charge in [0.05, 0.1) is 6.61 Å². The molecule has 0 saturated heterocycles. The summed E-state index contributed by atoms with van der Waals surface area (Å²) in [5.74, 6) is 1.55. The van der Waals surface area contributed by atoms with Crippen molar-refractivity contribution in [2.75, 3.05) is 13.2 Å². The fourth-order valence-electron chi connectivity index (χ4n) is 2.04. The van der Waals surface area contributed by atoms with Gasteiger partial charge in [0.1, 0.15) is 5.75 Å². The van der Waals surface area contributed by atoms with Crippen molar-refractivity contribution in [2.45, 2.75) is 39.5 Å². The predicted molar refractivity (Wildman–Crippen MR) is 69.1 cm³/mol. The highest BCUT2D eigenvalue weighted by Crippen LogP contribution is 2.26. The Morgan fingerprint density at radius 2 is 2.12 bits per heavy atom. The number of ether oxygens (including phenoxy) is 1. The second kappa shape index (κ2) is 6.54. The molecule has 2 heteroatoms. The van der Waals surface area contributed by atoms with Gasteiger partial charge in [-0.15, -0.1) is 0 Å². The normalized spacial score (nSPS) is 12.5. The van der Waals surface area contributed by atoms with Gasteiger partial charge in [0, 0.05) is 0 Å². The predicted octanol–water partition coefficient (Wildman–Crippen LogP) is 3.24. The molecule has 1 aromatic rings. The zero-order valence-electron chi connectivity index (χ0n) is 10.6. The lowest BCUT2D eigenvalue weighted by molar-refractivity contribution is 0.340. The first kappa shape index (κ1) is 13.0. The molecule has 1 rings (SSSR count). The summed E-state index contributed by atoms with van der Waals surface area (Å²) in [4.78, 5) is 0. The van der Waals surface area contributed by atoms with Crippen LogP contribution in [0.15, 0.2) is 18.2 Å². The largest absolute Gasteiger partial charge is 0.494 e. The maximum atomic E-state index is 5.54. The number of nitrogens with two attached hydrogens (primary N) is 1. The molecule has 0 aliphatic rings. The third kappa shape index (κ3) is 3.53. The highest BCUT2D eigenvalue weighted by molar-refractivity contribution is 5.36. The molecule has 0 fully saturated rings. The Morgan fingerprint density at radius 1 is 1.38 bits per heavy atom. The minimum Gasteiger partial charge on any atom is -0.494 e. The quantitative estimate of drug-likeness (QED) is 0.800. The molecule has 90 valence electrons. The summed E-state index contributed by atoms with van der Waals surface area (Å²) in [5, 5.41) is 0. The molecule has 0 amide bonds. The van der Waals surface area contributed by atoms with Gasteiger partial charge in [0.2, 0.25) is 0 Å². The van der Waals surface area contributed by atoms with Crippen LogP contribution in [0.1, 0.15) is 43.7 Å². The van der Waals surface area contributed by atoms with Crippen LogP contribution < -0.4 is 10.5 Å². The van der Waals surface area contributed by atoms with Gasteiger partial charge in [-0.25, -0.2) is 0 Å². The first-order valence-electron chi connectivity index (χ1n) is 6.12. The molecule has 16 heavy (non-hydrogen) atoms. The van der Waals surface area contributed by atoms with E-state index in [1.165, 1.54) is 11.1 Å². The Kier molecular flexibility index (Phi) is 5.33. The van der Waals surface area contributed by atoms with Gasteiger partial charge in [-0.2, -0.15) is 0 Å². The van der Waals surface area contributed by atoms with Crippen molar-refractivity contribution in [2.24, 2.45) is 5.73 Å². The summed E-state index contributed by atoms with van der Waals surface area (Å²) in [6.07, 6.45) is 2.25. The van der Waals surface area contributed by atoms with E-state index in [1.54, 1.807) is 0 Å². The van der Waals surface area contributed by atoms with Crippen LogP contribution in [0.2, 0.25) is 0 Å². The summed E-state index contributed by atoms with van der Waals surface area (Å²) in [6.45, 7) is 7.92. The fourth-order valence-corrected chi connectivity index (χ4v) is 2.04. The molecule has 0 radical (unpaired) electrons. The van der Waals surface area contributed by atoms with Gasteiger partial charge in [-0.05, 0) is 62.4 Å². The van der Waals surface area contributed by atoms with Crippen molar-refractivity contribution in [3.8, 4) is 5.75 Å². The Labute approximate surface area is 98.8 Å². The lowest BCUT2D eigenvalue weighted by Gasteiger charge is -2.15. The van der Waals surface area contributed by atoms with Gasteiger partial charge in [-0.3, -0.25) is 0 Å². The van der Waals surface area contributed by atoms with E-state index in [0.717, 1.165) is 31.7 Å². The molecule has 0 saturated carbocycles. The molecule has 0 aliphatic carbocycles. The van der Waals surface area contributed by atoms with Crippen LogP contribution in [0.5, 0.6) is 5.75 Å². The van der Waals surface area contributed by atoms with E-state index in [2.05, 4.69) is 32.0 Å². The summed E-state index contributed by atoms with van der Waals surface area (Å²) in [5.41, 5.74) is 8.27. The minimum atomic E-state index is 0.583. The van der Waals surface area contributed by atoms with Crippen LogP contribution in [0.4, 0.5) is 0 Å². The fraction of sp³-hybridized carbons (Fsp3) is 0.571. The zero-order valence-corrected chi connectivity index (χ0v) is 10.6. The summed E-state index contributed by atoms with van der Waals surface area (Å²) in [6, 6.07) is 6.37. The third-order valence-corrected chi connectivity index (χ3v) is 2.92. The highest BCUT2D eigenvalue weighted by atomic mass is 16.5. The molecular formula is C14H23NO. The van der Waals surface area contributed by atoms with Crippen LogP contribution in [0, 0.1) is 6.92 Å². The average Bonchev–Trinajstić information content (AvgIpc) is 2.26. The number of rotatable bonds is 6. The molecule has 0 heterocycles. The van der Waals surface area contributed by atoms with Gasteiger partial charge in [-0.1, -0.05) is 13.0 Å². The second-order valence-electron chi connectivity index (χ2n) is 4.28. The van der Waals surface area contributed by atoms with E-state index < -0.39 is 0 Å². The molecule has 1 aromatic carbocycles. The van der Waals surface area contributed by atoms with Crippen molar-refractivity contribution in [3.05, 3.63) is 29.3 Å².